The van der Waals surface area contributed by atoms with Crippen molar-refractivity contribution in [3.8, 4) is 0 Å². The fourth-order valence-corrected chi connectivity index (χ4v) is 2.10. The van der Waals surface area contributed by atoms with Gasteiger partial charge in [-0.25, -0.2) is 0 Å². The molecule has 0 unspecified atom stereocenters. The van der Waals surface area contributed by atoms with Crippen LogP contribution in [0.2, 0.25) is 0 Å². The zero-order valence-corrected chi connectivity index (χ0v) is 12.7. The van der Waals surface area contributed by atoms with Crippen LogP contribution in [0.15, 0.2) is 35.5 Å². The Balaban J connectivity index is 1.72. The van der Waals surface area contributed by atoms with Crippen LogP contribution in [-0.4, -0.2) is 30.6 Å². The van der Waals surface area contributed by atoms with E-state index in [1.54, 1.807) is 0 Å². The van der Waals surface area contributed by atoms with Gasteiger partial charge in [0.25, 0.3) is 5.91 Å². The molecule has 0 saturated carbocycles. The van der Waals surface area contributed by atoms with E-state index >= 15 is 0 Å². The molecule has 1 heterocycles. The molecule has 2 N–H and O–H groups in total. The SMILES string of the molecule is CCCNC(=O)CCNC(=O)C1=NO[C@H](c2ccccc2)C1. The summed E-state index contributed by atoms with van der Waals surface area (Å²) in [6, 6.07) is 9.66. The molecule has 1 aliphatic heterocycles. The van der Waals surface area contributed by atoms with Crippen molar-refractivity contribution in [3.63, 3.8) is 0 Å². The van der Waals surface area contributed by atoms with Crippen molar-refractivity contribution >= 4 is 17.5 Å². The van der Waals surface area contributed by atoms with Gasteiger partial charge in [0.05, 0.1) is 0 Å². The quantitative estimate of drug-likeness (QED) is 0.802. The number of nitrogens with zero attached hydrogens (tertiary/aromatic N) is 1. The first-order valence-electron chi connectivity index (χ1n) is 7.53. The Morgan fingerprint density at radius 3 is 2.73 bits per heavy atom. The average molecular weight is 303 g/mol. The Bertz CT molecular complexity index is 543. The molecule has 0 bridgehead atoms. The second-order valence-electron chi connectivity index (χ2n) is 5.10. The van der Waals surface area contributed by atoms with Gasteiger partial charge in [0.15, 0.2) is 6.10 Å². The smallest absolute Gasteiger partial charge is 0.269 e. The van der Waals surface area contributed by atoms with Crippen LogP contribution in [0.4, 0.5) is 0 Å². The van der Waals surface area contributed by atoms with Gasteiger partial charge in [-0.05, 0) is 12.0 Å². The normalized spacial score (nSPS) is 16.6. The summed E-state index contributed by atoms with van der Waals surface area (Å²) in [4.78, 5) is 28.7. The summed E-state index contributed by atoms with van der Waals surface area (Å²) in [5.74, 6) is -0.337. The number of oxime groups is 1. The summed E-state index contributed by atoms with van der Waals surface area (Å²) in [7, 11) is 0. The minimum absolute atomic E-state index is 0.0612. The number of carbonyl (C=O) groups excluding carboxylic acids is 2. The van der Waals surface area contributed by atoms with E-state index in [1.165, 1.54) is 0 Å². The van der Waals surface area contributed by atoms with Crippen LogP contribution in [0.1, 0.15) is 37.9 Å². The topological polar surface area (TPSA) is 79.8 Å². The van der Waals surface area contributed by atoms with Gasteiger partial charge in [0, 0.05) is 25.9 Å². The van der Waals surface area contributed by atoms with E-state index in [2.05, 4.69) is 15.8 Å². The van der Waals surface area contributed by atoms with Crippen molar-refractivity contribution in [2.24, 2.45) is 5.16 Å². The number of benzene rings is 1. The Hall–Kier alpha value is -2.37. The van der Waals surface area contributed by atoms with E-state index in [0.717, 1.165) is 12.0 Å². The van der Waals surface area contributed by atoms with E-state index in [-0.39, 0.29) is 24.3 Å². The Morgan fingerprint density at radius 2 is 2.00 bits per heavy atom. The molecule has 1 aromatic carbocycles. The molecule has 2 amide bonds. The molecule has 1 aromatic rings. The lowest BCUT2D eigenvalue weighted by molar-refractivity contribution is -0.121. The zero-order valence-electron chi connectivity index (χ0n) is 12.7. The molecule has 118 valence electrons. The molecule has 0 spiro atoms. The van der Waals surface area contributed by atoms with Crippen LogP contribution in [0.5, 0.6) is 0 Å². The minimum atomic E-state index is -0.276. The molecular weight excluding hydrogens is 282 g/mol. The maximum absolute atomic E-state index is 12.0. The van der Waals surface area contributed by atoms with E-state index < -0.39 is 0 Å². The maximum atomic E-state index is 12.0. The first-order valence-corrected chi connectivity index (χ1v) is 7.53. The van der Waals surface area contributed by atoms with Gasteiger partial charge in [-0.1, -0.05) is 42.4 Å². The molecule has 0 radical (unpaired) electrons. The first kappa shape index (κ1) is 16.0. The van der Waals surface area contributed by atoms with Crippen molar-refractivity contribution in [1.29, 1.82) is 0 Å². The largest absolute Gasteiger partial charge is 0.387 e. The molecule has 1 aliphatic rings. The molecule has 22 heavy (non-hydrogen) atoms. The average Bonchev–Trinajstić information content (AvgIpc) is 3.04. The van der Waals surface area contributed by atoms with E-state index in [4.69, 9.17) is 4.84 Å². The van der Waals surface area contributed by atoms with Gasteiger partial charge in [0.2, 0.25) is 5.91 Å². The van der Waals surface area contributed by atoms with Crippen LogP contribution in [-0.2, 0) is 14.4 Å². The Morgan fingerprint density at radius 1 is 1.23 bits per heavy atom. The van der Waals surface area contributed by atoms with Crippen LogP contribution in [0.25, 0.3) is 0 Å². The lowest BCUT2D eigenvalue weighted by Crippen LogP contribution is -2.34. The van der Waals surface area contributed by atoms with E-state index in [9.17, 15) is 9.59 Å². The number of amides is 2. The van der Waals surface area contributed by atoms with E-state index in [1.807, 2.05) is 37.3 Å². The molecule has 6 heteroatoms. The van der Waals surface area contributed by atoms with Gasteiger partial charge in [0.1, 0.15) is 5.71 Å². The second kappa shape index (κ2) is 8.17. The number of hydrogen-bond acceptors (Lipinski definition) is 4. The van der Waals surface area contributed by atoms with Gasteiger partial charge in [-0.3, -0.25) is 9.59 Å². The zero-order chi connectivity index (χ0) is 15.8. The Kier molecular flexibility index (Phi) is 5.94. The molecule has 2 rings (SSSR count). The van der Waals surface area contributed by atoms with Crippen molar-refractivity contribution in [3.05, 3.63) is 35.9 Å². The Labute approximate surface area is 129 Å². The number of rotatable bonds is 7. The third-order valence-electron chi connectivity index (χ3n) is 3.31. The van der Waals surface area contributed by atoms with Crippen molar-refractivity contribution < 1.29 is 14.4 Å². The van der Waals surface area contributed by atoms with Crippen molar-refractivity contribution in [2.45, 2.75) is 32.3 Å². The standard InChI is InChI=1S/C16H21N3O3/c1-2-9-17-15(20)8-10-18-16(21)13-11-14(22-19-13)12-6-4-3-5-7-12/h3-7,14H,2,8-11H2,1H3,(H,17,20)(H,18,21)/t14-/m0/s1. The summed E-state index contributed by atoms with van der Waals surface area (Å²) >= 11 is 0. The highest BCUT2D eigenvalue weighted by molar-refractivity contribution is 6.39. The van der Waals surface area contributed by atoms with Crippen molar-refractivity contribution in [1.82, 2.24) is 10.6 Å². The number of carbonyl (C=O) groups is 2. The van der Waals surface area contributed by atoms with E-state index in [0.29, 0.717) is 25.2 Å². The molecular formula is C16H21N3O3. The number of hydrogen-bond donors (Lipinski definition) is 2. The summed E-state index contributed by atoms with van der Waals surface area (Å²) < 4.78 is 0. The highest BCUT2D eigenvalue weighted by Crippen LogP contribution is 2.26. The number of nitrogens with one attached hydrogen (secondary N) is 2. The van der Waals surface area contributed by atoms with Gasteiger partial charge in [-0.15, -0.1) is 0 Å². The van der Waals surface area contributed by atoms with Crippen LogP contribution < -0.4 is 10.6 Å². The third kappa shape index (κ3) is 4.58. The summed E-state index contributed by atoms with van der Waals surface area (Å²) in [6.45, 7) is 2.94. The highest BCUT2D eigenvalue weighted by atomic mass is 16.6. The van der Waals surface area contributed by atoms with Gasteiger partial charge in [-0.2, -0.15) is 0 Å². The third-order valence-corrected chi connectivity index (χ3v) is 3.31. The highest BCUT2D eigenvalue weighted by Gasteiger charge is 2.26. The second-order valence-corrected chi connectivity index (χ2v) is 5.10. The summed E-state index contributed by atoms with van der Waals surface area (Å²) in [5, 5.41) is 9.30. The molecule has 0 fully saturated rings. The lowest BCUT2D eigenvalue weighted by atomic mass is 10.0. The lowest BCUT2D eigenvalue weighted by Gasteiger charge is -2.07. The van der Waals surface area contributed by atoms with Crippen molar-refractivity contribution in [2.75, 3.05) is 13.1 Å². The fraction of sp³-hybridized carbons (Fsp3) is 0.438. The summed E-state index contributed by atoms with van der Waals surface area (Å²) in [5.41, 5.74) is 1.36. The summed E-state index contributed by atoms with van der Waals surface area (Å²) in [6.07, 6.45) is 1.39. The molecule has 0 saturated heterocycles. The molecule has 1 atom stereocenters. The monoisotopic (exact) mass is 303 g/mol. The predicted octanol–water partition coefficient (Wildman–Crippen LogP) is 1.54. The molecule has 6 nitrogen and oxygen atoms in total. The maximum Gasteiger partial charge on any atom is 0.269 e. The predicted molar refractivity (Wildman–Crippen MR) is 83.2 cm³/mol. The fourth-order valence-electron chi connectivity index (χ4n) is 2.10. The van der Waals surface area contributed by atoms with Crippen LogP contribution in [0, 0.1) is 0 Å². The van der Waals surface area contributed by atoms with Gasteiger partial charge >= 0.3 is 0 Å². The van der Waals surface area contributed by atoms with Crippen LogP contribution >= 0.6 is 0 Å². The molecule has 0 aliphatic carbocycles. The first-order chi connectivity index (χ1) is 10.7. The molecule has 0 aromatic heterocycles. The van der Waals surface area contributed by atoms with Crippen LogP contribution in [0.3, 0.4) is 0 Å². The minimum Gasteiger partial charge on any atom is -0.387 e. The van der Waals surface area contributed by atoms with Gasteiger partial charge < -0.3 is 15.5 Å².